The minimum absolute atomic E-state index is 0.0348. The predicted molar refractivity (Wildman–Crippen MR) is 117 cm³/mol. The van der Waals surface area contributed by atoms with E-state index in [-0.39, 0.29) is 23.4 Å². The monoisotopic (exact) mass is 431 g/mol. The van der Waals surface area contributed by atoms with Gasteiger partial charge in [-0.15, -0.1) is 11.8 Å². The van der Waals surface area contributed by atoms with E-state index in [0.29, 0.717) is 23.2 Å². The average Bonchev–Trinajstić information content (AvgIpc) is 3.08. The van der Waals surface area contributed by atoms with Crippen LogP contribution in [0.1, 0.15) is 13.8 Å². The summed E-state index contributed by atoms with van der Waals surface area (Å²) in [7, 11) is 0. The molecular formula is C20H21N3O4S2. The Labute approximate surface area is 177 Å². The highest BCUT2D eigenvalue weighted by Crippen LogP contribution is 2.33. The zero-order valence-electron chi connectivity index (χ0n) is 16.1. The molecule has 152 valence electrons. The number of amides is 1. The quantitative estimate of drug-likeness (QED) is 0.358. The number of para-hydroxylation sites is 2. The highest BCUT2D eigenvalue weighted by molar-refractivity contribution is 8.14. The predicted octanol–water partition coefficient (Wildman–Crippen LogP) is 4.74. The van der Waals surface area contributed by atoms with Crippen molar-refractivity contribution in [3.8, 4) is 5.75 Å². The van der Waals surface area contributed by atoms with Crippen LogP contribution in [0, 0.1) is 10.1 Å². The molecule has 1 aliphatic heterocycles. The molecule has 0 spiro atoms. The molecule has 2 aromatic carbocycles. The number of carbonyl (C=O) groups is 1. The molecule has 3 rings (SSSR count). The van der Waals surface area contributed by atoms with Gasteiger partial charge in [0.25, 0.3) is 5.69 Å². The highest BCUT2D eigenvalue weighted by Gasteiger charge is 2.32. The van der Waals surface area contributed by atoms with Gasteiger partial charge in [0.15, 0.2) is 5.17 Å². The Kier molecular flexibility index (Phi) is 7.16. The van der Waals surface area contributed by atoms with E-state index in [1.165, 1.54) is 23.9 Å². The number of nitro benzene ring substituents is 1. The molecule has 1 atom stereocenters. The van der Waals surface area contributed by atoms with Crippen molar-refractivity contribution >= 4 is 46.0 Å². The van der Waals surface area contributed by atoms with Crippen molar-refractivity contribution in [1.29, 1.82) is 0 Å². The largest absolute Gasteiger partial charge is 0.492 e. The van der Waals surface area contributed by atoms with E-state index in [2.05, 4.69) is 0 Å². The van der Waals surface area contributed by atoms with E-state index in [1.807, 2.05) is 38.1 Å². The van der Waals surface area contributed by atoms with Crippen LogP contribution in [-0.4, -0.2) is 45.1 Å². The molecule has 9 heteroatoms. The summed E-state index contributed by atoms with van der Waals surface area (Å²) in [6, 6.07) is 13.8. The third kappa shape index (κ3) is 5.30. The smallest absolute Gasteiger partial charge is 0.269 e. The van der Waals surface area contributed by atoms with Gasteiger partial charge in [0, 0.05) is 28.8 Å². The number of non-ortho nitro benzene ring substituents is 1. The molecule has 1 heterocycles. The maximum atomic E-state index is 12.9. The fourth-order valence-corrected chi connectivity index (χ4v) is 4.66. The molecule has 2 aromatic rings. The maximum absolute atomic E-state index is 12.9. The Morgan fingerprint density at radius 3 is 2.72 bits per heavy atom. The zero-order chi connectivity index (χ0) is 20.8. The second kappa shape index (κ2) is 9.80. The SMILES string of the molecule is CCOc1ccccc1N=C1SCC(C)N1C(=O)CSc1ccc([N+](=O)[O-])cc1. The Morgan fingerprint density at radius 1 is 1.31 bits per heavy atom. The lowest BCUT2D eigenvalue weighted by atomic mass is 10.3. The van der Waals surface area contributed by atoms with Crippen molar-refractivity contribution < 1.29 is 14.5 Å². The summed E-state index contributed by atoms with van der Waals surface area (Å²) < 4.78 is 5.63. The number of carbonyl (C=O) groups excluding carboxylic acids is 1. The molecule has 29 heavy (non-hydrogen) atoms. The lowest BCUT2D eigenvalue weighted by Crippen LogP contribution is -2.38. The molecular weight excluding hydrogens is 410 g/mol. The van der Waals surface area contributed by atoms with Gasteiger partial charge in [0.05, 0.1) is 17.3 Å². The highest BCUT2D eigenvalue weighted by atomic mass is 32.2. The van der Waals surface area contributed by atoms with E-state index in [0.717, 1.165) is 10.6 Å². The summed E-state index contributed by atoms with van der Waals surface area (Å²) in [5, 5.41) is 11.4. The summed E-state index contributed by atoms with van der Waals surface area (Å²) in [5.74, 6) is 1.66. The third-order valence-electron chi connectivity index (χ3n) is 4.16. The van der Waals surface area contributed by atoms with E-state index >= 15 is 0 Å². The minimum atomic E-state index is -0.439. The van der Waals surface area contributed by atoms with E-state index in [1.54, 1.807) is 28.8 Å². The lowest BCUT2D eigenvalue weighted by Gasteiger charge is -2.21. The van der Waals surface area contributed by atoms with Crippen LogP contribution in [0.25, 0.3) is 0 Å². The number of ether oxygens (including phenoxy) is 1. The number of amidine groups is 1. The Bertz CT molecular complexity index is 918. The van der Waals surface area contributed by atoms with E-state index < -0.39 is 4.92 Å². The van der Waals surface area contributed by atoms with Crippen LogP contribution in [0.15, 0.2) is 58.4 Å². The van der Waals surface area contributed by atoms with Gasteiger partial charge in [-0.1, -0.05) is 23.9 Å². The van der Waals surface area contributed by atoms with Gasteiger partial charge in [0.1, 0.15) is 11.4 Å². The minimum Gasteiger partial charge on any atom is -0.492 e. The van der Waals surface area contributed by atoms with Crippen LogP contribution in [0.5, 0.6) is 5.75 Å². The normalized spacial score (nSPS) is 17.5. The lowest BCUT2D eigenvalue weighted by molar-refractivity contribution is -0.384. The molecule has 0 saturated carbocycles. The van der Waals surface area contributed by atoms with Crippen molar-refractivity contribution in [2.75, 3.05) is 18.1 Å². The van der Waals surface area contributed by atoms with Gasteiger partial charge < -0.3 is 4.74 Å². The summed E-state index contributed by atoms with van der Waals surface area (Å²) in [5.41, 5.74) is 0.736. The Morgan fingerprint density at radius 2 is 2.03 bits per heavy atom. The van der Waals surface area contributed by atoms with Gasteiger partial charge in [-0.2, -0.15) is 0 Å². The van der Waals surface area contributed by atoms with Gasteiger partial charge in [-0.25, -0.2) is 4.99 Å². The van der Waals surface area contributed by atoms with Crippen molar-refractivity contribution in [1.82, 2.24) is 4.90 Å². The van der Waals surface area contributed by atoms with Crippen molar-refractivity contribution in [3.63, 3.8) is 0 Å². The summed E-state index contributed by atoms with van der Waals surface area (Å²) in [6.45, 7) is 4.46. The molecule has 1 fully saturated rings. The number of aliphatic imine (C=N–C) groups is 1. The van der Waals surface area contributed by atoms with Crippen LogP contribution in [0.2, 0.25) is 0 Å². The number of rotatable bonds is 7. The van der Waals surface area contributed by atoms with E-state index in [4.69, 9.17) is 9.73 Å². The van der Waals surface area contributed by atoms with Gasteiger partial charge >= 0.3 is 0 Å². The molecule has 0 aliphatic carbocycles. The fraction of sp³-hybridized carbons (Fsp3) is 0.300. The Balaban J connectivity index is 1.72. The van der Waals surface area contributed by atoms with Gasteiger partial charge in [-0.3, -0.25) is 19.8 Å². The number of hydrogen-bond donors (Lipinski definition) is 0. The van der Waals surface area contributed by atoms with Gasteiger partial charge in [-0.05, 0) is 38.1 Å². The molecule has 0 aromatic heterocycles. The van der Waals surface area contributed by atoms with E-state index in [9.17, 15) is 14.9 Å². The standard InChI is InChI=1S/C20H21N3O4S2/c1-3-27-18-7-5-4-6-17(18)21-20-22(14(2)12-29-20)19(24)13-28-16-10-8-15(9-11-16)23(25)26/h4-11,14H,3,12-13H2,1-2H3. The maximum Gasteiger partial charge on any atom is 0.269 e. The molecule has 1 unspecified atom stereocenters. The van der Waals surface area contributed by atoms with Crippen LogP contribution in [0.4, 0.5) is 11.4 Å². The first-order chi connectivity index (χ1) is 14.0. The number of thioether (sulfide) groups is 2. The van der Waals surface area contributed by atoms with Crippen molar-refractivity contribution in [3.05, 3.63) is 58.6 Å². The molecule has 0 bridgehead atoms. The number of hydrogen-bond acceptors (Lipinski definition) is 7. The molecule has 7 nitrogen and oxygen atoms in total. The number of benzene rings is 2. The molecule has 1 aliphatic rings. The van der Waals surface area contributed by atoms with Crippen LogP contribution in [-0.2, 0) is 4.79 Å². The molecule has 0 N–H and O–H groups in total. The first kappa shape index (κ1) is 21.2. The number of nitrogens with zero attached hydrogens (tertiary/aromatic N) is 3. The van der Waals surface area contributed by atoms with Crippen LogP contribution < -0.4 is 4.74 Å². The summed E-state index contributed by atoms with van der Waals surface area (Å²) >= 11 is 2.91. The second-order valence-corrected chi connectivity index (χ2v) is 8.29. The van der Waals surface area contributed by atoms with Gasteiger partial charge in [0.2, 0.25) is 5.91 Å². The summed E-state index contributed by atoms with van der Waals surface area (Å²) in [4.78, 5) is 30.4. The second-order valence-electron chi connectivity index (χ2n) is 6.26. The number of nitro groups is 1. The average molecular weight is 432 g/mol. The zero-order valence-corrected chi connectivity index (χ0v) is 17.7. The van der Waals surface area contributed by atoms with Crippen LogP contribution in [0.3, 0.4) is 0 Å². The topological polar surface area (TPSA) is 85.0 Å². The first-order valence-electron chi connectivity index (χ1n) is 9.12. The first-order valence-corrected chi connectivity index (χ1v) is 11.1. The molecule has 0 radical (unpaired) electrons. The molecule has 1 saturated heterocycles. The van der Waals surface area contributed by atoms with Crippen molar-refractivity contribution in [2.24, 2.45) is 4.99 Å². The fourth-order valence-electron chi connectivity index (χ4n) is 2.78. The third-order valence-corrected chi connectivity index (χ3v) is 6.35. The summed E-state index contributed by atoms with van der Waals surface area (Å²) in [6.07, 6.45) is 0. The Hall–Kier alpha value is -2.52. The van der Waals surface area contributed by atoms with Crippen molar-refractivity contribution in [2.45, 2.75) is 24.8 Å². The van der Waals surface area contributed by atoms with Crippen LogP contribution >= 0.6 is 23.5 Å². The molecule has 1 amide bonds.